The molecule has 3 fully saturated rings. The van der Waals surface area contributed by atoms with Crippen molar-refractivity contribution < 1.29 is 42.5 Å². The molecule has 0 aromatic carbocycles. The van der Waals surface area contributed by atoms with E-state index in [-0.39, 0.29) is 36.0 Å². The zero-order chi connectivity index (χ0) is 21.2. The number of fused-ring (bicyclic) bond motifs is 1. The van der Waals surface area contributed by atoms with Crippen LogP contribution >= 0.6 is 12.0 Å². The van der Waals surface area contributed by atoms with Crippen molar-refractivity contribution in [3.63, 3.8) is 0 Å². The van der Waals surface area contributed by atoms with Gasteiger partial charge in [-0.1, -0.05) is 5.04 Å². The molecule has 1 heterocycles. The highest BCUT2D eigenvalue weighted by Crippen LogP contribution is 2.45. The molecule has 0 bridgehead atoms. The Bertz CT molecular complexity index is 645. The predicted octanol–water partition coefficient (Wildman–Crippen LogP) is -1.91. The Morgan fingerprint density at radius 1 is 1.10 bits per heavy atom. The largest absolute Gasteiger partial charge is 0.393 e. The summed E-state index contributed by atoms with van der Waals surface area (Å²) in [5.41, 5.74) is 0. The third-order valence-corrected chi connectivity index (χ3v) is 7.82. The van der Waals surface area contributed by atoms with Gasteiger partial charge in [0, 0.05) is 36.4 Å². The van der Waals surface area contributed by atoms with Crippen LogP contribution < -0.4 is 21.3 Å². The summed E-state index contributed by atoms with van der Waals surface area (Å²) >= 11 is 0.901. The molecular weight excluding hydrogens is 432 g/mol. The first-order valence-corrected chi connectivity index (χ1v) is 11.5. The number of hydrogen-bond acceptors (Lipinski definition) is 13. The Labute approximate surface area is 172 Å². The summed E-state index contributed by atoms with van der Waals surface area (Å²) in [5, 5.41) is 43.4. The highest BCUT2D eigenvalue weighted by Gasteiger charge is 2.49. The minimum atomic E-state index is -4.27. The SMILES string of the molecule is COC1NC(O)NC(NC2CC(SOOO)CC3CC(S(=O)(=O)O)CC(O)C32)N1. The minimum absolute atomic E-state index is 0.0529. The van der Waals surface area contributed by atoms with Crippen LogP contribution in [0.3, 0.4) is 0 Å². The normalized spacial score (nSPS) is 43.7. The van der Waals surface area contributed by atoms with E-state index >= 15 is 0 Å². The van der Waals surface area contributed by atoms with Crippen molar-refractivity contribution in [3.8, 4) is 0 Å². The second-order valence-corrected chi connectivity index (χ2v) is 10.3. The van der Waals surface area contributed by atoms with Crippen LogP contribution in [0, 0.1) is 11.8 Å². The predicted molar refractivity (Wildman–Crippen MR) is 99.9 cm³/mol. The first kappa shape index (κ1) is 23.5. The molecule has 0 amide bonds. The molecule has 8 N–H and O–H groups in total. The summed E-state index contributed by atoms with van der Waals surface area (Å²) in [6, 6.07) is -0.293. The number of rotatable bonds is 7. The third kappa shape index (κ3) is 5.97. The van der Waals surface area contributed by atoms with Crippen molar-refractivity contribution >= 4 is 22.2 Å². The van der Waals surface area contributed by atoms with Gasteiger partial charge in [0.25, 0.3) is 10.1 Å². The van der Waals surface area contributed by atoms with Gasteiger partial charge in [0.2, 0.25) is 0 Å². The van der Waals surface area contributed by atoms with Crippen LogP contribution in [-0.4, -0.2) is 77.2 Å². The van der Waals surface area contributed by atoms with E-state index in [2.05, 4.69) is 30.6 Å². The van der Waals surface area contributed by atoms with Gasteiger partial charge in [-0.2, -0.15) is 8.42 Å². The summed E-state index contributed by atoms with van der Waals surface area (Å²) in [7, 11) is -2.80. The maximum Gasteiger partial charge on any atom is 0.267 e. The maximum atomic E-state index is 11.6. The molecule has 0 aromatic rings. The average Bonchev–Trinajstić information content (AvgIpc) is 2.64. The molecule has 1 saturated heterocycles. The summed E-state index contributed by atoms with van der Waals surface area (Å²) in [6.07, 6.45) is -1.97. The lowest BCUT2D eigenvalue weighted by Gasteiger charge is -2.49. The van der Waals surface area contributed by atoms with Gasteiger partial charge in [0.1, 0.15) is 6.29 Å². The highest BCUT2D eigenvalue weighted by molar-refractivity contribution is 7.95. The van der Waals surface area contributed by atoms with Crippen LogP contribution in [0.2, 0.25) is 0 Å². The van der Waals surface area contributed by atoms with Crippen molar-refractivity contribution in [2.75, 3.05) is 7.11 Å². The molecule has 15 heteroatoms. The average molecular weight is 461 g/mol. The van der Waals surface area contributed by atoms with E-state index in [0.717, 1.165) is 12.0 Å². The lowest BCUT2D eigenvalue weighted by Crippen LogP contribution is -2.73. The van der Waals surface area contributed by atoms with E-state index in [0.29, 0.717) is 12.8 Å². The van der Waals surface area contributed by atoms with E-state index < -0.39 is 40.5 Å². The van der Waals surface area contributed by atoms with Gasteiger partial charge >= 0.3 is 0 Å². The Morgan fingerprint density at radius 3 is 2.52 bits per heavy atom. The number of hydrogen-bond donors (Lipinski definition) is 8. The molecule has 9 atom stereocenters. The van der Waals surface area contributed by atoms with Crippen LogP contribution in [0.5, 0.6) is 0 Å². The lowest BCUT2D eigenvalue weighted by molar-refractivity contribution is -0.432. The van der Waals surface area contributed by atoms with Crippen molar-refractivity contribution in [2.45, 2.75) is 67.3 Å². The van der Waals surface area contributed by atoms with Gasteiger partial charge < -0.3 is 14.9 Å². The van der Waals surface area contributed by atoms with Crippen LogP contribution in [0.4, 0.5) is 0 Å². The third-order valence-electron chi connectivity index (χ3n) is 5.80. The number of aliphatic hydroxyl groups excluding tert-OH is 2. The highest BCUT2D eigenvalue weighted by atomic mass is 32.2. The van der Waals surface area contributed by atoms with Gasteiger partial charge in [-0.15, -0.1) is 4.33 Å². The minimum Gasteiger partial charge on any atom is -0.393 e. The molecule has 0 radical (unpaired) electrons. The molecule has 0 aromatic heterocycles. The van der Waals surface area contributed by atoms with Crippen molar-refractivity contribution in [1.29, 1.82) is 0 Å². The molecule has 29 heavy (non-hydrogen) atoms. The molecule has 2 saturated carbocycles. The van der Waals surface area contributed by atoms with Crippen LogP contribution in [-0.2, 0) is 24.2 Å². The molecule has 2 aliphatic carbocycles. The summed E-state index contributed by atoms with van der Waals surface area (Å²) in [4.78, 5) is 0. The number of methoxy groups -OCH3 is 1. The van der Waals surface area contributed by atoms with Crippen LogP contribution in [0.15, 0.2) is 0 Å². The van der Waals surface area contributed by atoms with E-state index in [1.54, 1.807) is 0 Å². The number of nitrogens with one attached hydrogen (secondary N) is 4. The first-order valence-electron chi connectivity index (χ1n) is 9.24. The summed E-state index contributed by atoms with van der Waals surface area (Å²) in [5.74, 6) is -0.502. The Balaban J connectivity index is 1.75. The van der Waals surface area contributed by atoms with Crippen LogP contribution in [0.25, 0.3) is 0 Å². The maximum absolute atomic E-state index is 11.6. The van der Waals surface area contributed by atoms with Gasteiger partial charge in [-0.25, -0.2) is 10.6 Å². The standard InChI is InChI=1S/C14H28N4O9S2/c1-25-14-17-12(16-13(20)18-14)15-9-4-7(28-27-26-21)2-6-3-8(29(22,23)24)5-10(19)11(6)9/h6-21H,2-5H2,1H3,(H,22,23,24). The van der Waals surface area contributed by atoms with E-state index in [1.807, 2.05) is 0 Å². The van der Waals surface area contributed by atoms with Crippen molar-refractivity contribution in [2.24, 2.45) is 11.8 Å². The first-order chi connectivity index (χ1) is 13.7. The smallest absolute Gasteiger partial charge is 0.267 e. The van der Waals surface area contributed by atoms with Crippen LogP contribution in [0.1, 0.15) is 25.7 Å². The molecule has 170 valence electrons. The van der Waals surface area contributed by atoms with Gasteiger partial charge in [0.05, 0.1) is 11.4 Å². The molecule has 3 aliphatic rings. The topological polar surface area (TPSA) is 191 Å². The molecule has 0 spiro atoms. The second kappa shape index (κ2) is 9.99. The summed E-state index contributed by atoms with van der Waals surface area (Å²) < 4.78 is 42.5. The molecule has 3 rings (SSSR count). The zero-order valence-electron chi connectivity index (χ0n) is 15.7. The van der Waals surface area contributed by atoms with E-state index in [1.165, 1.54) is 7.11 Å². The quantitative estimate of drug-likeness (QED) is 0.0908. The van der Waals surface area contributed by atoms with E-state index in [4.69, 9.17) is 9.99 Å². The summed E-state index contributed by atoms with van der Waals surface area (Å²) in [6.45, 7) is 0. The van der Waals surface area contributed by atoms with Crippen molar-refractivity contribution in [1.82, 2.24) is 21.3 Å². The van der Waals surface area contributed by atoms with E-state index in [9.17, 15) is 23.2 Å². The second-order valence-electron chi connectivity index (χ2n) is 7.57. The Kier molecular flexibility index (Phi) is 8.10. The Morgan fingerprint density at radius 2 is 1.86 bits per heavy atom. The fourth-order valence-corrected chi connectivity index (χ4v) is 6.36. The molecule has 13 nitrogen and oxygen atoms in total. The fraction of sp³-hybridized carbons (Fsp3) is 1.00. The Hall–Kier alpha value is -0.140. The fourth-order valence-electron chi connectivity index (χ4n) is 4.67. The lowest BCUT2D eigenvalue weighted by atomic mass is 9.66. The van der Waals surface area contributed by atoms with Gasteiger partial charge in [-0.05, 0) is 31.6 Å². The van der Waals surface area contributed by atoms with Gasteiger partial charge in [-0.3, -0.25) is 20.5 Å². The molecular formula is C14H28N4O9S2. The monoisotopic (exact) mass is 460 g/mol. The van der Waals surface area contributed by atoms with Gasteiger partial charge in [0.15, 0.2) is 12.7 Å². The molecule has 1 aliphatic heterocycles. The number of aliphatic hydroxyl groups is 2. The van der Waals surface area contributed by atoms with Crippen molar-refractivity contribution in [3.05, 3.63) is 0 Å². The zero-order valence-corrected chi connectivity index (χ0v) is 17.3. The number of ether oxygens (including phenoxy) is 1. The molecule has 9 unspecified atom stereocenters.